The molecule has 1 N–H and O–H groups in total. The van der Waals surface area contributed by atoms with Crippen molar-refractivity contribution >= 4 is 15.9 Å². The topological polar surface area (TPSA) is 42.7 Å². The summed E-state index contributed by atoms with van der Waals surface area (Å²) in [7, 11) is 1.96. The first-order valence-corrected chi connectivity index (χ1v) is 6.81. The highest BCUT2D eigenvalue weighted by Gasteiger charge is 2.29. The smallest absolute Gasteiger partial charge is 0.153 e. The van der Waals surface area contributed by atoms with Crippen molar-refractivity contribution in [2.75, 3.05) is 6.54 Å². The Bertz CT molecular complexity index is 324. The molecular weight excluding hydrogens is 268 g/mol. The van der Waals surface area contributed by atoms with Crippen LogP contribution in [0.3, 0.4) is 0 Å². The molecule has 0 bridgehead atoms. The molecule has 0 amide bonds. The fraction of sp³-hybridized carbons (Fsp3) is 0.818. The average Bonchev–Trinajstić information content (AvgIpc) is 2.87. The molecule has 16 heavy (non-hydrogen) atoms. The summed E-state index contributed by atoms with van der Waals surface area (Å²) in [6.07, 6.45) is 5.34. The Balaban J connectivity index is 2.24. The van der Waals surface area contributed by atoms with Crippen LogP contribution >= 0.6 is 15.9 Å². The number of aryl methyl sites for hydroxylation is 1. The standard InChI is InChI=1S/C11H19BrN4/c1-3-13-9(8-6-4-5-7-8)10-11(12)14-15-16(10)2/h8-9,13H,3-7H2,1-2H3. The number of hydrogen-bond donors (Lipinski definition) is 1. The Hall–Kier alpha value is -0.420. The molecule has 1 saturated carbocycles. The van der Waals surface area contributed by atoms with Gasteiger partial charge in [0.05, 0.1) is 11.7 Å². The Kier molecular flexibility index (Phi) is 3.97. The third-order valence-corrected chi connectivity index (χ3v) is 3.98. The molecule has 0 saturated heterocycles. The van der Waals surface area contributed by atoms with E-state index in [4.69, 9.17) is 0 Å². The zero-order valence-corrected chi connectivity index (χ0v) is 11.5. The number of nitrogens with one attached hydrogen (secondary N) is 1. The molecule has 0 aliphatic heterocycles. The van der Waals surface area contributed by atoms with E-state index in [0.29, 0.717) is 6.04 Å². The van der Waals surface area contributed by atoms with Gasteiger partial charge in [0.15, 0.2) is 4.60 Å². The molecule has 1 aromatic heterocycles. The van der Waals surface area contributed by atoms with Crippen molar-refractivity contribution in [3.05, 3.63) is 10.3 Å². The molecule has 1 aromatic rings. The third-order valence-electron chi connectivity index (χ3n) is 3.42. The Labute approximate surface area is 105 Å². The van der Waals surface area contributed by atoms with E-state index in [9.17, 15) is 0 Å². The summed E-state index contributed by atoms with van der Waals surface area (Å²) in [5.74, 6) is 0.730. The Morgan fingerprint density at radius 3 is 2.69 bits per heavy atom. The maximum Gasteiger partial charge on any atom is 0.153 e. The molecule has 90 valence electrons. The predicted octanol–water partition coefficient (Wildman–Crippen LogP) is 2.42. The van der Waals surface area contributed by atoms with Gasteiger partial charge in [-0.05, 0) is 41.2 Å². The van der Waals surface area contributed by atoms with E-state index in [1.165, 1.54) is 31.4 Å². The monoisotopic (exact) mass is 286 g/mol. The van der Waals surface area contributed by atoms with Crippen LogP contribution in [0.2, 0.25) is 0 Å². The minimum absolute atomic E-state index is 0.391. The summed E-state index contributed by atoms with van der Waals surface area (Å²) in [4.78, 5) is 0. The van der Waals surface area contributed by atoms with Gasteiger partial charge in [0.1, 0.15) is 0 Å². The van der Waals surface area contributed by atoms with Crippen LogP contribution in [0.15, 0.2) is 4.60 Å². The first kappa shape index (κ1) is 12.0. The van der Waals surface area contributed by atoms with Crippen molar-refractivity contribution in [1.82, 2.24) is 20.3 Å². The zero-order chi connectivity index (χ0) is 11.5. The third kappa shape index (κ3) is 2.30. The van der Waals surface area contributed by atoms with Gasteiger partial charge >= 0.3 is 0 Å². The lowest BCUT2D eigenvalue weighted by atomic mass is 9.95. The van der Waals surface area contributed by atoms with Gasteiger partial charge in [-0.3, -0.25) is 0 Å². The first-order valence-electron chi connectivity index (χ1n) is 6.02. The average molecular weight is 287 g/mol. The second-order valence-electron chi connectivity index (χ2n) is 4.47. The number of rotatable bonds is 4. The van der Waals surface area contributed by atoms with E-state index in [1.807, 2.05) is 11.7 Å². The molecule has 1 fully saturated rings. The van der Waals surface area contributed by atoms with E-state index in [1.54, 1.807) is 0 Å². The first-order chi connectivity index (χ1) is 7.74. The van der Waals surface area contributed by atoms with Crippen molar-refractivity contribution in [1.29, 1.82) is 0 Å². The molecular formula is C11H19BrN4. The minimum atomic E-state index is 0.391. The van der Waals surface area contributed by atoms with Crippen LogP contribution in [-0.2, 0) is 7.05 Å². The largest absolute Gasteiger partial charge is 0.309 e. The molecule has 1 unspecified atom stereocenters. The molecule has 1 heterocycles. The van der Waals surface area contributed by atoms with Gasteiger partial charge in [0, 0.05) is 7.05 Å². The quantitative estimate of drug-likeness (QED) is 0.924. The van der Waals surface area contributed by atoms with Crippen LogP contribution in [0.5, 0.6) is 0 Å². The van der Waals surface area contributed by atoms with Crippen LogP contribution in [0.25, 0.3) is 0 Å². The van der Waals surface area contributed by atoms with Gasteiger partial charge in [-0.25, -0.2) is 4.68 Å². The summed E-state index contributed by atoms with van der Waals surface area (Å²) in [6.45, 7) is 3.14. The lowest BCUT2D eigenvalue weighted by Gasteiger charge is -2.24. The van der Waals surface area contributed by atoms with E-state index >= 15 is 0 Å². The SMILES string of the molecule is CCNC(c1c(Br)nnn1C)C1CCCC1. The highest BCUT2D eigenvalue weighted by atomic mass is 79.9. The van der Waals surface area contributed by atoms with Gasteiger partial charge in [-0.1, -0.05) is 25.0 Å². The summed E-state index contributed by atoms with van der Waals surface area (Å²) in [5, 5.41) is 11.7. The summed E-state index contributed by atoms with van der Waals surface area (Å²) in [6, 6.07) is 0.391. The number of hydrogen-bond acceptors (Lipinski definition) is 3. The van der Waals surface area contributed by atoms with Crippen LogP contribution in [0, 0.1) is 5.92 Å². The molecule has 1 aliphatic carbocycles. The van der Waals surface area contributed by atoms with Crippen LogP contribution < -0.4 is 5.32 Å². The zero-order valence-electron chi connectivity index (χ0n) is 9.91. The van der Waals surface area contributed by atoms with E-state index < -0.39 is 0 Å². The number of aromatic nitrogens is 3. The lowest BCUT2D eigenvalue weighted by Crippen LogP contribution is -2.29. The number of halogens is 1. The van der Waals surface area contributed by atoms with E-state index in [0.717, 1.165) is 17.1 Å². The Morgan fingerprint density at radius 1 is 1.50 bits per heavy atom. The van der Waals surface area contributed by atoms with Crippen molar-refractivity contribution < 1.29 is 0 Å². The molecule has 5 heteroatoms. The van der Waals surface area contributed by atoms with Gasteiger partial charge in [-0.15, -0.1) is 5.10 Å². The Morgan fingerprint density at radius 2 is 2.19 bits per heavy atom. The number of nitrogens with zero attached hydrogens (tertiary/aromatic N) is 3. The summed E-state index contributed by atoms with van der Waals surface area (Å²) in [5.41, 5.74) is 1.19. The maximum absolute atomic E-state index is 4.08. The van der Waals surface area contributed by atoms with E-state index in [2.05, 4.69) is 38.5 Å². The fourth-order valence-corrected chi connectivity index (χ4v) is 3.24. The lowest BCUT2D eigenvalue weighted by molar-refractivity contribution is 0.355. The van der Waals surface area contributed by atoms with Crippen molar-refractivity contribution in [3.63, 3.8) is 0 Å². The van der Waals surface area contributed by atoms with Crippen molar-refractivity contribution in [2.24, 2.45) is 13.0 Å². The highest BCUT2D eigenvalue weighted by Crippen LogP contribution is 2.37. The maximum atomic E-state index is 4.08. The second-order valence-corrected chi connectivity index (χ2v) is 5.22. The summed E-state index contributed by atoms with van der Waals surface area (Å²) < 4.78 is 2.77. The van der Waals surface area contributed by atoms with Crippen LogP contribution in [-0.4, -0.2) is 21.5 Å². The van der Waals surface area contributed by atoms with E-state index in [-0.39, 0.29) is 0 Å². The molecule has 1 aliphatic rings. The van der Waals surface area contributed by atoms with Gasteiger partial charge in [0.2, 0.25) is 0 Å². The van der Waals surface area contributed by atoms with Gasteiger partial charge in [0.25, 0.3) is 0 Å². The minimum Gasteiger partial charge on any atom is -0.309 e. The van der Waals surface area contributed by atoms with Crippen molar-refractivity contribution in [2.45, 2.75) is 38.6 Å². The molecule has 0 aromatic carbocycles. The van der Waals surface area contributed by atoms with Crippen LogP contribution in [0.1, 0.15) is 44.3 Å². The van der Waals surface area contributed by atoms with Gasteiger partial charge < -0.3 is 5.32 Å². The normalized spacial score (nSPS) is 19.2. The summed E-state index contributed by atoms with van der Waals surface area (Å²) >= 11 is 3.50. The van der Waals surface area contributed by atoms with Gasteiger partial charge in [-0.2, -0.15) is 0 Å². The second kappa shape index (κ2) is 5.27. The highest BCUT2D eigenvalue weighted by molar-refractivity contribution is 9.10. The molecule has 4 nitrogen and oxygen atoms in total. The molecule has 2 rings (SSSR count). The molecule has 1 atom stereocenters. The predicted molar refractivity (Wildman–Crippen MR) is 67.1 cm³/mol. The van der Waals surface area contributed by atoms with Crippen LogP contribution in [0.4, 0.5) is 0 Å². The molecule has 0 radical (unpaired) electrons. The molecule has 0 spiro atoms. The fourth-order valence-electron chi connectivity index (χ4n) is 2.67. The van der Waals surface area contributed by atoms with Crippen molar-refractivity contribution in [3.8, 4) is 0 Å².